The number of halogens is 1. The summed E-state index contributed by atoms with van der Waals surface area (Å²) in [5.74, 6) is -0.359. The zero-order chi connectivity index (χ0) is 12.5. The molecule has 0 aliphatic heterocycles. The van der Waals surface area contributed by atoms with Crippen LogP contribution in [0.3, 0.4) is 0 Å². The van der Waals surface area contributed by atoms with Crippen molar-refractivity contribution >= 4 is 11.9 Å². The lowest BCUT2D eigenvalue weighted by molar-refractivity contribution is 0.112. The van der Waals surface area contributed by atoms with Crippen molar-refractivity contribution in [2.45, 2.75) is 0 Å². The van der Waals surface area contributed by atoms with Gasteiger partial charge in [-0.2, -0.15) is 0 Å². The van der Waals surface area contributed by atoms with Crippen molar-refractivity contribution < 1.29 is 9.18 Å². The highest BCUT2D eigenvalue weighted by Gasteiger charge is 2.09. The Labute approximate surface area is 103 Å². The third-order valence-corrected chi connectivity index (χ3v) is 2.83. The fourth-order valence-corrected chi connectivity index (χ4v) is 1.98. The van der Waals surface area contributed by atoms with Gasteiger partial charge in [0.15, 0.2) is 0 Å². The topological polar surface area (TPSA) is 34.4 Å². The van der Waals surface area contributed by atoms with Crippen LogP contribution in [0.4, 0.5) is 4.39 Å². The van der Waals surface area contributed by atoms with Crippen molar-refractivity contribution in [3.63, 3.8) is 0 Å². The molecule has 88 valence electrons. The first-order chi connectivity index (χ1) is 8.79. The summed E-state index contributed by atoms with van der Waals surface area (Å²) < 4.78 is 15.7. The molecular weight excluding hydrogens is 231 g/mol. The van der Waals surface area contributed by atoms with Crippen LogP contribution in [0.5, 0.6) is 0 Å². The minimum absolute atomic E-state index is 0.359. The Balaban J connectivity index is 2.31. The standard InChI is InChI=1S/C14H9FN2O/c15-12-5-4-10(9-18)8-11(12)13-2-1-3-14-16-6-7-17(13)14/h1-9H. The number of hydrogen-bond donors (Lipinski definition) is 0. The largest absolute Gasteiger partial charge is 0.300 e. The molecule has 0 spiro atoms. The molecule has 0 unspecified atom stereocenters. The van der Waals surface area contributed by atoms with E-state index in [0.717, 1.165) is 5.65 Å². The number of nitrogens with zero attached hydrogens (tertiary/aromatic N) is 2. The van der Waals surface area contributed by atoms with E-state index in [1.54, 1.807) is 22.9 Å². The molecule has 0 radical (unpaired) electrons. The summed E-state index contributed by atoms with van der Waals surface area (Å²) >= 11 is 0. The van der Waals surface area contributed by atoms with Gasteiger partial charge in [0.05, 0.1) is 5.69 Å². The number of fused-ring (bicyclic) bond motifs is 1. The maximum Gasteiger partial charge on any atom is 0.150 e. The molecule has 2 heterocycles. The molecule has 3 rings (SSSR count). The minimum atomic E-state index is -0.359. The Bertz CT molecular complexity index is 733. The number of imidazole rings is 1. The summed E-state index contributed by atoms with van der Waals surface area (Å²) in [7, 11) is 0. The third kappa shape index (κ3) is 1.59. The highest BCUT2D eigenvalue weighted by Crippen LogP contribution is 2.24. The van der Waals surface area contributed by atoms with E-state index in [9.17, 15) is 9.18 Å². The van der Waals surface area contributed by atoms with E-state index in [1.807, 2.05) is 12.1 Å². The van der Waals surface area contributed by atoms with Gasteiger partial charge in [0, 0.05) is 23.5 Å². The molecule has 0 saturated heterocycles. The minimum Gasteiger partial charge on any atom is -0.300 e. The second-order valence-electron chi connectivity index (χ2n) is 3.92. The number of pyridine rings is 1. The molecule has 0 fully saturated rings. The highest BCUT2D eigenvalue weighted by atomic mass is 19.1. The maximum atomic E-state index is 13.9. The molecule has 1 aromatic carbocycles. The van der Waals surface area contributed by atoms with Crippen molar-refractivity contribution in [3.8, 4) is 11.3 Å². The van der Waals surface area contributed by atoms with E-state index in [2.05, 4.69) is 4.98 Å². The van der Waals surface area contributed by atoms with Gasteiger partial charge in [-0.15, -0.1) is 0 Å². The molecular formula is C14H9FN2O. The summed E-state index contributed by atoms with van der Waals surface area (Å²) in [4.78, 5) is 14.9. The first-order valence-electron chi connectivity index (χ1n) is 5.47. The number of carbonyl (C=O) groups excluding carboxylic acids is 1. The second-order valence-corrected chi connectivity index (χ2v) is 3.92. The van der Waals surface area contributed by atoms with Crippen molar-refractivity contribution in [3.05, 3.63) is 60.2 Å². The Kier molecular flexibility index (Phi) is 2.41. The van der Waals surface area contributed by atoms with E-state index in [-0.39, 0.29) is 5.82 Å². The highest BCUT2D eigenvalue weighted by molar-refractivity contribution is 5.78. The number of rotatable bonds is 2. The number of aldehydes is 1. The van der Waals surface area contributed by atoms with Crippen LogP contribution in [0.25, 0.3) is 16.9 Å². The van der Waals surface area contributed by atoms with Crippen LogP contribution in [-0.2, 0) is 0 Å². The fourth-order valence-electron chi connectivity index (χ4n) is 1.98. The van der Waals surface area contributed by atoms with Crippen molar-refractivity contribution in [2.75, 3.05) is 0 Å². The van der Waals surface area contributed by atoms with Crippen molar-refractivity contribution in [1.29, 1.82) is 0 Å². The van der Waals surface area contributed by atoms with E-state index in [0.29, 0.717) is 23.1 Å². The molecule has 0 atom stereocenters. The first-order valence-corrected chi connectivity index (χ1v) is 5.47. The van der Waals surface area contributed by atoms with Crippen LogP contribution in [-0.4, -0.2) is 15.7 Å². The molecule has 3 nitrogen and oxygen atoms in total. The van der Waals surface area contributed by atoms with E-state index in [4.69, 9.17) is 0 Å². The van der Waals surface area contributed by atoms with E-state index in [1.165, 1.54) is 18.2 Å². The summed E-state index contributed by atoms with van der Waals surface area (Å²) in [6.45, 7) is 0. The van der Waals surface area contributed by atoms with Gasteiger partial charge < -0.3 is 0 Å². The molecule has 3 aromatic rings. The Morgan fingerprint density at radius 2 is 2.11 bits per heavy atom. The van der Waals surface area contributed by atoms with Crippen LogP contribution in [0.2, 0.25) is 0 Å². The average Bonchev–Trinajstić information content (AvgIpc) is 2.87. The van der Waals surface area contributed by atoms with Gasteiger partial charge in [-0.05, 0) is 30.3 Å². The molecule has 0 aliphatic carbocycles. The third-order valence-electron chi connectivity index (χ3n) is 2.83. The monoisotopic (exact) mass is 240 g/mol. The lowest BCUT2D eigenvalue weighted by Crippen LogP contribution is -1.94. The zero-order valence-corrected chi connectivity index (χ0v) is 9.38. The van der Waals surface area contributed by atoms with E-state index < -0.39 is 0 Å². The van der Waals surface area contributed by atoms with Crippen LogP contribution in [0.1, 0.15) is 10.4 Å². The zero-order valence-electron chi connectivity index (χ0n) is 9.38. The number of benzene rings is 1. The summed E-state index contributed by atoms with van der Waals surface area (Å²) in [6, 6.07) is 9.74. The molecule has 0 aliphatic rings. The van der Waals surface area contributed by atoms with Gasteiger partial charge in [-0.1, -0.05) is 6.07 Å². The maximum absolute atomic E-state index is 13.9. The van der Waals surface area contributed by atoms with Gasteiger partial charge in [0.2, 0.25) is 0 Å². The van der Waals surface area contributed by atoms with Gasteiger partial charge in [0.1, 0.15) is 17.8 Å². The van der Waals surface area contributed by atoms with E-state index >= 15 is 0 Å². The summed E-state index contributed by atoms with van der Waals surface area (Å²) in [6.07, 6.45) is 4.12. The predicted octanol–water partition coefficient (Wildman–Crippen LogP) is 2.95. The lowest BCUT2D eigenvalue weighted by atomic mass is 10.1. The molecule has 0 bridgehead atoms. The quantitative estimate of drug-likeness (QED) is 0.645. The smallest absolute Gasteiger partial charge is 0.150 e. The summed E-state index contributed by atoms with van der Waals surface area (Å²) in [5.41, 5.74) is 2.25. The number of aromatic nitrogens is 2. The van der Waals surface area contributed by atoms with Crippen LogP contribution < -0.4 is 0 Å². The molecule has 18 heavy (non-hydrogen) atoms. The Hall–Kier alpha value is -2.49. The van der Waals surface area contributed by atoms with Gasteiger partial charge in [-0.3, -0.25) is 9.20 Å². The van der Waals surface area contributed by atoms with Gasteiger partial charge in [-0.25, -0.2) is 9.37 Å². The molecule has 0 amide bonds. The normalized spacial score (nSPS) is 10.7. The average molecular weight is 240 g/mol. The Morgan fingerprint density at radius 1 is 1.22 bits per heavy atom. The second kappa shape index (κ2) is 4.07. The summed E-state index contributed by atoms with van der Waals surface area (Å²) in [5, 5.41) is 0. The van der Waals surface area contributed by atoms with Crippen LogP contribution >= 0.6 is 0 Å². The van der Waals surface area contributed by atoms with Crippen LogP contribution in [0.15, 0.2) is 48.8 Å². The predicted molar refractivity (Wildman–Crippen MR) is 66.0 cm³/mol. The first kappa shape index (κ1) is 10.7. The lowest BCUT2D eigenvalue weighted by Gasteiger charge is -2.07. The fraction of sp³-hybridized carbons (Fsp3) is 0. The molecule has 2 aromatic heterocycles. The van der Waals surface area contributed by atoms with Gasteiger partial charge in [0.25, 0.3) is 0 Å². The van der Waals surface area contributed by atoms with Crippen LogP contribution in [0, 0.1) is 5.82 Å². The number of hydrogen-bond acceptors (Lipinski definition) is 2. The van der Waals surface area contributed by atoms with Crippen molar-refractivity contribution in [2.24, 2.45) is 0 Å². The number of carbonyl (C=O) groups is 1. The molecule has 4 heteroatoms. The van der Waals surface area contributed by atoms with Gasteiger partial charge >= 0.3 is 0 Å². The Morgan fingerprint density at radius 3 is 2.94 bits per heavy atom. The van der Waals surface area contributed by atoms with Crippen molar-refractivity contribution in [1.82, 2.24) is 9.38 Å². The molecule has 0 saturated carbocycles. The SMILES string of the molecule is O=Cc1ccc(F)c(-c2cccc3nccn23)c1. The molecule has 0 N–H and O–H groups in total.